The lowest BCUT2D eigenvalue weighted by Gasteiger charge is -2.35. The number of benzene rings is 2. The van der Waals surface area contributed by atoms with E-state index in [0.29, 0.717) is 24.6 Å². The zero-order chi connectivity index (χ0) is 18.6. The predicted octanol–water partition coefficient (Wildman–Crippen LogP) is 0.625. The zero-order valence-corrected chi connectivity index (χ0v) is 15.1. The van der Waals surface area contributed by atoms with Gasteiger partial charge in [0.1, 0.15) is 13.2 Å². The lowest BCUT2D eigenvalue weighted by molar-refractivity contribution is -0.917. The first-order chi connectivity index (χ1) is 13.2. The van der Waals surface area contributed by atoms with Crippen molar-refractivity contribution < 1.29 is 19.2 Å². The quantitative estimate of drug-likeness (QED) is 0.867. The Hall–Kier alpha value is -3.04. The summed E-state index contributed by atoms with van der Waals surface area (Å²) < 4.78 is 11.5. The molecule has 1 fully saturated rings. The number of hydrogen-bond acceptors (Lipinski definition) is 4. The van der Waals surface area contributed by atoms with Gasteiger partial charge in [0.05, 0.1) is 37.8 Å². The molecular formula is C21H22N3O3+. The SMILES string of the molecule is N#Cc1ccccc1C[NH+]1CCN(C(=O)[C@@H]2COc3ccccc3O2)CC1. The molecular weight excluding hydrogens is 342 g/mol. The molecule has 0 spiro atoms. The zero-order valence-electron chi connectivity index (χ0n) is 15.1. The van der Waals surface area contributed by atoms with E-state index in [1.165, 1.54) is 4.90 Å². The molecule has 2 aliphatic rings. The van der Waals surface area contributed by atoms with E-state index in [9.17, 15) is 10.1 Å². The fraction of sp³-hybridized carbons (Fsp3) is 0.333. The molecule has 6 nitrogen and oxygen atoms in total. The highest BCUT2D eigenvalue weighted by Gasteiger charge is 2.33. The summed E-state index contributed by atoms with van der Waals surface area (Å²) in [5, 5.41) is 9.24. The van der Waals surface area contributed by atoms with Crippen molar-refractivity contribution in [1.29, 1.82) is 5.26 Å². The summed E-state index contributed by atoms with van der Waals surface area (Å²) >= 11 is 0. The summed E-state index contributed by atoms with van der Waals surface area (Å²) in [6.45, 7) is 4.14. The fourth-order valence-corrected chi connectivity index (χ4v) is 3.62. The maximum absolute atomic E-state index is 12.8. The van der Waals surface area contributed by atoms with Gasteiger partial charge in [-0.05, 0) is 18.2 Å². The first-order valence-corrected chi connectivity index (χ1v) is 9.23. The Kier molecular flexibility index (Phi) is 4.95. The van der Waals surface area contributed by atoms with Crippen LogP contribution in [0.15, 0.2) is 48.5 Å². The molecule has 6 heteroatoms. The molecule has 2 aromatic rings. The van der Waals surface area contributed by atoms with Crippen molar-refractivity contribution in [2.24, 2.45) is 0 Å². The van der Waals surface area contributed by atoms with Crippen molar-refractivity contribution >= 4 is 5.91 Å². The Morgan fingerprint density at radius 3 is 2.59 bits per heavy atom. The van der Waals surface area contributed by atoms with Crippen LogP contribution in [0.25, 0.3) is 0 Å². The van der Waals surface area contributed by atoms with E-state index in [1.807, 2.05) is 53.4 Å². The number of carbonyl (C=O) groups excluding carboxylic acids is 1. The number of carbonyl (C=O) groups is 1. The first kappa shape index (κ1) is 17.4. The standard InChI is InChI=1S/C21H21N3O3/c22-13-16-5-1-2-6-17(16)14-23-9-11-24(12-10-23)21(25)20-15-26-18-7-3-4-8-19(18)27-20/h1-8,20H,9-12,14-15H2/p+1/t20-/m0/s1. The van der Waals surface area contributed by atoms with Gasteiger partial charge in [-0.25, -0.2) is 0 Å². The summed E-state index contributed by atoms with van der Waals surface area (Å²) in [6.07, 6.45) is -0.583. The smallest absolute Gasteiger partial charge is 0.267 e. The van der Waals surface area contributed by atoms with Crippen LogP contribution < -0.4 is 14.4 Å². The highest BCUT2D eigenvalue weighted by atomic mass is 16.6. The minimum Gasteiger partial charge on any atom is -0.485 e. The molecule has 2 aliphatic heterocycles. The second-order valence-corrected chi connectivity index (χ2v) is 6.89. The third kappa shape index (κ3) is 3.74. The number of piperazine rings is 1. The van der Waals surface area contributed by atoms with E-state index in [2.05, 4.69) is 6.07 Å². The van der Waals surface area contributed by atoms with Gasteiger partial charge in [-0.3, -0.25) is 4.79 Å². The van der Waals surface area contributed by atoms with E-state index in [1.54, 1.807) is 0 Å². The van der Waals surface area contributed by atoms with Crippen LogP contribution in [0.1, 0.15) is 11.1 Å². The van der Waals surface area contributed by atoms with Gasteiger partial charge in [0.25, 0.3) is 5.91 Å². The number of nitrogens with zero attached hydrogens (tertiary/aromatic N) is 2. The number of nitriles is 1. The molecule has 1 amide bonds. The second-order valence-electron chi connectivity index (χ2n) is 6.89. The minimum atomic E-state index is -0.583. The van der Waals surface area contributed by atoms with E-state index >= 15 is 0 Å². The number of ether oxygens (including phenoxy) is 2. The lowest BCUT2D eigenvalue weighted by atomic mass is 10.1. The van der Waals surface area contributed by atoms with Gasteiger partial charge in [-0.1, -0.05) is 30.3 Å². The van der Waals surface area contributed by atoms with Gasteiger partial charge in [-0.15, -0.1) is 0 Å². The van der Waals surface area contributed by atoms with Gasteiger partial charge < -0.3 is 19.3 Å². The molecule has 0 radical (unpaired) electrons. The van der Waals surface area contributed by atoms with E-state index in [-0.39, 0.29) is 12.5 Å². The maximum Gasteiger partial charge on any atom is 0.267 e. The van der Waals surface area contributed by atoms with Gasteiger partial charge in [0.2, 0.25) is 6.10 Å². The minimum absolute atomic E-state index is 0.0130. The Labute approximate surface area is 158 Å². The predicted molar refractivity (Wildman–Crippen MR) is 98.5 cm³/mol. The molecule has 0 saturated carbocycles. The maximum atomic E-state index is 12.8. The first-order valence-electron chi connectivity index (χ1n) is 9.23. The summed E-state index contributed by atoms with van der Waals surface area (Å²) in [5.74, 6) is 1.30. The van der Waals surface area contributed by atoms with E-state index < -0.39 is 6.10 Å². The Balaban J connectivity index is 1.33. The average molecular weight is 364 g/mol. The van der Waals surface area contributed by atoms with Gasteiger partial charge in [0, 0.05) is 5.56 Å². The van der Waals surface area contributed by atoms with Gasteiger partial charge in [-0.2, -0.15) is 5.26 Å². The van der Waals surface area contributed by atoms with Crippen LogP contribution in [0.2, 0.25) is 0 Å². The lowest BCUT2D eigenvalue weighted by Crippen LogP contribution is -3.13. The molecule has 4 rings (SSSR count). The Morgan fingerprint density at radius 2 is 1.81 bits per heavy atom. The average Bonchev–Trinajstić information content (AvgIpc) is 2.74. The molecule has 0 aromatic heterocycles. The molecule has 1 atom stereocenters. The topological polar surface area (TPSA) is 67.0 Å². The van der Waals surface area contributed by atoms with Gasteiger partial charge >= 0.3 is 0 Å². The van der Waals surface area contributed by atoms with Crippen LogP contribution in [0.5, 0.6) is 11.5 Å². The summed E-state index contributed by atoms with van der Waals surface area (Å²) in [5.41, 5.74) is 1.80. The van der Waals surface area contributed by atoms with Gasteiger partial charge in [0.15, 0.2) is 11.5 Å². The monoisotopic (exact) mass is 364 g/mol. The molecule has 2 heterocycles. The molecule has 1 N–H and O–H groups in total. The van der Waals surface area contributed by atoms with Crippen molar-refractivity contribution in [2.45, 2.75) is 12.6 Å². The van der Waals surface area contributed by atoms with Crippen LogP contribution in [0.3, 0.4) is 0 Å². The van der Waals surface area contributed by atoms with E-state index in [0.717, 1.165) is 30.8 Å². The molecule has 1 saturated heterocycles. The number of nitrogens with one attached hydrogen (secondary N) is 1. The van der Waals surface area contributed by atoms with E-state index in [4.69, 9.17) is 9.47 Å². The third-order valence-electron chi connectivity index (χ3n) is 5.14. The van der Waals surface area contributed by atoms with Crippen LogP contribution in [-0.2, 0) is 11.3 Å². The fourth-order valence-electron chi connectivity index (χ4n) is 3.62. The summed E-state index contributed by atoms with van der Waals surface area (Å²) in [6, 6.07) is 17.4. The third-order valence-corrected chi connectivity index (χ3v) is 5.14. The summed E-state index contributed by atoms with van der Waals surface area (Å²) in [4.78, 5) is 16.0. The Morgan fingerprint density at radius 1 is 1.11 bits per heavy atom. The molecule has 138 valence electrons. The molecule has 0 aliphatic carbocycles. The number of quaternary nitrogens is 1. The van der Waals surface area contributed by atoms with Crippen LogP contribution in [0.4, 0.5) is 0 Å². The van der Waals surface area contributed by atoms with Crippen LogP contribution >= 0.6 is 0 Å². The van der Waals surface area contributed by atoms with Crippen molar-refractivity contribution in [1.82, 2.24) is 4.90 Å². The second kappa shape index (κ2) is 7.68. The van der Waals surface area contributed by atoms with Crippen molar-refractivity contribution in [3.05, 3.63) is 59.7 Å². The number of para-hydroxylation sites is 2. The number of fused-ring (bicyclic) bond motifs is 1. The highest BCUT2D eigenvalue weighted by Crippen LogP contribution is 2.31. The van der Waals surface area contributed by atoms with Crippen LogP contribution in [0, 0.1) is 11.3 Å². The normalized spacial score (nSPS) is 19.4. The van der Waals surface area contributed by atoms with Crippen molar-refractivity contribution in [3.63, 3.8) is 0 Å². The molecule has 0 unspecified atom stereocenters. The number of hydrogen-bond donors (Lipinski definition) is 1. The largest absolute Gasteiger partial charge is 0.485 e. The highest BCUT2D eigenvalue weighted by molar-refractivity contribution is 5.82. The van der Waals surface area contributed by atoms with Crippen molar-refractivity contribution in [2.75, 3.05) is 32.8 Å². The number of amides is 1. The summed E-state index contributed by atoms with van der Waals surface area (Å²) in [7, 11) is 0. The number of rotatable bonds is 3. The molecule has 0 bridgehead atoms. The van der Waals surface area contributed by atoms with Crippen LogP contribution in [-0.4, -0.2) is 49.7 Å². The Bertz CT molecular complexity index is 869. The molecule has 2 aromatic carbocycles. The molecule has 27 heavy (non-hydrogen) atoms. The van der Waals surface area contributed by atoms with Crippen molar-refractivity contribution in [3.8, 4) is 17.6 Å².